The lowest BCUT2D eigenvalue weighted by molar-refractivity contribution is -0.137. The molecule has 1 heterocycles. The van der Waals surface area contributed by atoms with Crippen LogP contribution in [0.15, 0.2) is 29.3 Å². The molecule has 0 fully saturated rings. The highest BCUT2D eigenvalue weighted by atomic mass is 32.2. The Morgan fingerprint density at radius 2 is 2.06 bits per heavy atom. The summed E-state index contributed by atoms with van der Waals surface area (Å²) < 4.78 is 38.0. The van der Waals surface area contributed by atoms with Crippen molar-refractivity contribution in [2.45, 2.75) is 11.1 Å². The number of hydrogen-bond donors (Lipinski definition) is 2. The molecule has 0 spiro atoms. The van der Waals surface area contributed by atoms with Crippen molar-refractivity contribution in [1.29, 1.82) is 0 Å². The van der Waals surface area contributed by atoms with Gasteiger partial charge in [-0.3, -0.25) is 0 Å². The molecular weight excluding hydrogens is 251 g/mol. The van der Waals surface area contributed by atoms with Crippen molar-refractivity contribution in [1.82, 2.24) is 4.98 Å². The average Bonchev–Trinajstić information content (AvgIpc) is 2.72. The van der Waals surface area contributed by atoms with Gasteiger partial charge in [0.05, 0.1) is 12.2 Å². The zero-order valence-electron chi connectivity index (χ0n) is 8.71. The molecule has 0 aliphatic heterocycles. The first-order valence-electron chi connectivity index (χ1n) is 4.94. The third-order valence-corrected chi connectivity index (χ3v) is 3.34. The van der Waals surface area contributed by atoms with E-state index in [1.807, 2.05) is 0 Å². The first-order valence-corrected chi connectivity index (χ1v) is 5.93. The molecule has 2 N–H and O–H groups in total. The molecule has 0 aliphatic carbocycles. The predicted molar refractivity (Wildman–Crippen MR) is 61.1 cm³/mol. The number of benzene rings is 1. The summed E-state index contributed by atoms with van der Waals surface area (Å²) in [5.74, 6) is 0.377. The smallest absolute Gasteiger partial charge is 0.396 e. The van der Waals surface area contributed by atoms with E-state index in [1.165, 1.54) is 11.8 Å². The van der Waals surface area contributed by atoms with Gasteiger partial charge in [-0.05, 0) is 18.2 Å². The van der Waals surface area contributed by atoms with Crippen molar-refractivity contribution in [3.63, 3.8) is 0 Å². The van der Waals surface area contributed by atoms with E-state index < -0.39 is 11.7 Å². The van der Waals surface area contributed by atoms with Crippen LogP contribution in [0.4, 0.5) is 13.2 Å². The maximum atomic E-state index is 12.7. The fourth-order valence-corrected chi connectivity index (χ4v) is 2.43. The normalized spacial score (nSPS) is 12.2. The number of fused-ring (bicyclic) bond motifs is 1. The number of nitrogens with one attached hydrogen (secondary N) is 1. The summed E-state index contributed by atoms with van der Waals surface area (Å²) in [6.45, 7) is -0.0627. The van der Waals surface area contributed by atoms with E-state index >= 15 is 0 Å². The Balaban J connectivity index is 2.51. The maximum absolute atomic E-state index is 12.7. The highest BCUT2D eigenvalue weighted by molar-refractivity contribution is 7.99. The van der Waals surface area contributed by atoms with Gasteiger partial charge in [-0.15, -0.1) is 11.8 Å². The number of aromatic amines is 1. The van der Waals surface area contributed by atoms with Gasteiger partial charge in [-0.1, -0.05) is 0 Å². The van der Waals surface area contributed by atoms with Gasteiger partial charge in [0.1, 0.15) is 0 Å². The minimum Gasteiger partial charge on any atom is -0.396 e. The van der Waals surface area contributed by atoms with Crippen molar-refractivity contribution < 1.29 is 18.3 Å². The summed E-state index contributed by atoms with van der Waals surface area (Å²) in [6, 6.07) is 3.95. The number of H-pyrrole nitrogens is 1. The summed E-state index contributed by atoms with van der Waals surface area (Å²) in [5.41, 5.74) is -0.215. The van der Waals surface area contributed by atoms with Gasteiger partial charge < -0.3 is 10.1 Å². The van der Waals surface area contributed by atoms with Gasteiger partial charge in [-0.2, -0.15) is 13.2 Å². The standard InChI is InChI=1S/C11H10F3NOS/c12-11(13,14)7-5-9-8(1-2-15-9)10(6-7)17-4-3-16/h1-2,5-6,15-16H,3-4H2. The lowest BCUT2D eigenvalue weighted by Gasteiger charge is -2.10. The molecule has 17 heavy (non-hydrogen) atoms. The summed E-state index contributed by atoms with van der Waals surface area (Å²) >= 11 is 1.21. The van der Waals surface area contributed by atoms with E-state index in [-0.39, 0.29) is 6.61 Å². The van der Waals surface area contributed by atoms with Crippen LogP contribution < -0.4 is 0 Å². The van der Waals surface area contributed by atoms with E-state index in [0.29, 0.717) is 16.2 Å². The van der Waals surface area contributed by atoms with Crippen LogP contribution in [0.2, 0.25) is 0 Å². The quantitative estimate of drug-likeness (QED) is 0.832. The van der Waals surface area contributed by atoms with E-state index in [4.69, 9.17) is 5.11 Å². The van der Waals surface area contributed by atoms with Crippen molar-refractivity contribution in [3.8, 4) is 0 Å². The van der Waals surface area contributed by atoms with Crippen LogP contribution in [0.1, 0.15) is 5.56 Å². The number of rotatable bonds is 3. The molecule has 0 bridgehead atoms. The number of aliphatic hydroxyl groups is 1. The Hall–Kier alpha value is -1.14. The molecule has 0 atom stereocenters. The molecule has 0 aliphatic rings. The molecule has 1 aromatic heterocycles. The molecule has 0 saturated heterocycles. The largest absolute Gasteiger partial charge is 0.416 e. The van der Waals surface area contributed by atoms with E-state index in [1.54, 1.807) is 12.3 Å². The summed E-state index contributed by atoms with van der Waals surface area (Å²) in [7, 11) is 0. The number of aliphatic hydroxyl groups excluding tert-OH is 1. The zero-order valence-corrected chi connectivity index (χ0v) is 9.53. The second kappa shape index (κ2) is 4.62. The van der Waals surface area contributed by atoms with Gasteiger partial charge in [0, 0.05) is 27.7 Å². The summed E-state index contributed by atoms with van der Waals surface area (Å²) in [5, 5.41) is 9.48. The molecule has 6 heteroatoms. The van der Waals surface area contributed by atoms with Gasteiger partial charge in [-0.25, -0.2) is 0 Å². The van der Waals surface area contributed by atoms with Gasteiger partial charge in [0.25, 0.3) is 0 Å². The fraction of sp³-hybridized carbons (Fsp3) is 0.273. The van der Waals surface area contributed by atoms with Crippen molar-refractivity contribution in [3.05, 3.63) is 30.0 Å². The van der Waals surface area contributed by atoms with E-state index in [2.05, 4.69) is 4.98 Å². The van der Waals surface area contributed by atoms with Crippen LogP contribution in [0.3, 0.4) is 0 Å². The molecule has 2 rings (SSSR count). The Kier molecular flexibility index (Phi) is 3.35. The molecule has 0 amide bonds. The first kappa shape index (κ1) is 12.3. The lowest BCUT2D eigenvalue weighted by atomic mass is 10.1. The monoisotopic (exact) mass is 261 g/mol. The van der Waals surface area contributed by atoms with Gasteiger partial charge in [0.2, 0.25) is 0 Å². The average molecular weight is 261 g/mol. The molecule has 0 radical (unpaired) electrons. The van der Waals surface area contributed by atoms with Crippen molar-refractivity contribution in [2.24, 2.45) is 0 Å². The molecule has 2 nitrogen and oxygen atoms in total. The number of hydrogen-bond acceptors (Lipinski definition) is 2. The van der Waals surface area contributed by atoms with Crippen LogP contribution in [0.5, 0.6) is 0 Å². The van der Waals surface area contributed by atoms with Gasteiger partial charge in [0.15, 0.2) is 0 Å². The number of alkyl halides is 3. The second-order valence-electron chi connectivity index (χ2n) is 3.48. The summed E-state index contributed by atoms with van der Waals surface area (Å²) in [6.07, 6.45) is -2.75. The third kappa shape index (κ3) is 2.58. The zero-order chi connectivity index (χ0) is 12.5. The first-order chi connectivity index (χ1) is 8.02. The van der Waals surface area contributed by atoms with Crippen molar-refractivity contribution >= 4 is 22.7 Å². The molecular formula is C11H10F3NOS. The Morgan fingerprint density at radius 3 is 2.71 bits per heavy atom. The SMILES string of the molecule is OCCSc1cc(C(F)(F)F)cc2[nH]ccc12. The fourth-order valence-electron chi connectivity index (χ4n) is 1.57. The molecule has 2 aromatic rings. The maximum Gasteiger partial charge on any atom is 0.416 e. The highest BCUT2D eigenvalue weighted by Crippen LogP contribution is 2.36. The molecule has 92 valence electrons. The van der Waals surface area contributed by atoms with E-state index in [0.717, 1.165) is 17.5 Å². The number of halogens is 3. The lowest BCUT2D eigenvalue weighted by Crippen LogP contribution is -2.05. The van der Waals surface area contributed by atoms with Gasteiger partial charge >= 0.3 is 6.18 Å². The minimum absolute atomic E-state index is 0.0627. The second-order valence-corrected chi connectivity index (χ2v) is 4.62. The third-order valence-electron chi connectivity index (χ3n) is 2.31. The Bertz CT molecular complexity index is 521. The van der Waals surface area contributed by atoms with Crippen LogP contribution in [0, 0.1) is 0 Å². The Labute approximate surface area is 99.8 Å². The molecule has 0 saturated carbocycles. The van der Waals surface area contributed by atoms with Crippen LogP contribution >= 0.6 is 11.8 Å². The molecule has 0 unspecified atom stereocenters. The van der Waals surface area contributed by atoms with E-state index in [9.17, 15) is 13.2 Å². The Morgan fingerprint density at radius 1 is 1.29 bits per heavy atom. The summed E-state index contributed by atoms with van der Waals surface area (Å²) in [4.78, 5) is 3.31. The molecule has 1 aromatic carbocycles. The van der Waals surface area contributed by atoms with Crippen LogP contribution in [0.25, 0.3) is 10.9 Å². The number of thioether (sulfide) groups is 1. The minimum atomic E-state index is -4.35. The number of aromatic nitrogens is 1. The topological polar surface area (TPSA) is 36.0 Å². The van der Waals surface area contributed by atoms with Crippen molar-refractivity contribution in [2.75, 3.05) is 12.4 Å². The van der Waals surface area contributed by atoms with Crippen LogP contribution in [-0.4, -0.2) is 22.5 Å². The highest BCUT2D eigenvalue weighted by Gasteiger charge is 2.31. The van der Waals surface area contributed by atoms with Crippen LogP contribution in [-0.2, 0) is 6.18 Å². The predicted octanol–water partition coefficient (Wildman–Crippen LogP) is 3.27.